The largest absolute Gasteiger partial charge is 1.00 e. The number of hydrogen-bond acceptors (Lipinski definition) is 10. The molecule has 1 fully saturated rings. The number of carboxylic acid groups (broad SMARTS) is 1. The topological polar surface area (TPSA) is 182 Å². The van der Waals surface area contributed by atoms with Crippen LogP contribution in [0.5, 0.6) is 0 Å². The molecule has 1 aromatic heterocycles. The summed E-state index contributed by atoms with van der Waals surface area (Å²) in [5, 5.41) is 19.0. The summed E-state index contributed by atoms with van der Waals surface area (Å²) >= 11 is 2.23. The maximum absolute atomic E-state index is 11.7. The Balaban J connectivity index is 0.00000182. The van der Waals surface area contributed by atoms with Crippen molar-refractivity contribution < 1.29 is 58.7 Å². The van der Waals surface area contributed by atoms with Crippen molar-refractivity contribution in [3.05, 3.63) is 11.3 Å². The third-order valence-corrected chi connectivity index (χ3v) is 6.29. The molecule has 2 aliphatic heterocycles. The molecule has 26 heavy (non-hydrogen) atoms. The van der Waals surface area contributed by atoms with Gasteiger partial charge < -0.3 is 12.3 Å². The Labute approximate surface area is 179 Å². The number of amides is 1. The van der Waals surface area contributed by atoms with Crippen LogP contribution in [0.3, 0.4) is 0 Å². The van der Waals surface area contributed by atoms with E-state index in [-0.39, 0.29) is 65.3 Å². The first-order valence-electron chi connectivity index (χ1n) is 6.71. The molecule has 1 aromatic rings. The van der Waals surface area contributed by atoms with Crippen LogP contribution >= 0.6 is 23.5 Å². The maximum atomic E-state index is 11.7. The van der Waals surface area contributed by atoms with E-state index < -0.39 is 27.3 Å². The zero-order chi connectivity index (χ0) is 18.4. The number of carbonyl (C=O) groups is 2. The number of rotatable bonds is 6. The fourth-order valence-corrected chi connectivity index (χ4v) is 5.27. The summed E-state index contributed by atoms with van der Waals surface area (Å²) in [7, 11) is -4.34. The van der Waals surface area contributed by atoms with E-state index in [0.29, 0.717) is 5.57 Å². The second kappa shape index (κ2) is 8.14. The minimum absolute atomic E-state index is 0. The van der Waals surface area contributed by atoms with Crippen LogP contribution in [0.4, 0.5) is 0 Å². The van der Waals surface area contributed by atoms with Gasteiger partial charge in [-0.15, -0.1) is 16.9 Å². The van der Waals surface area contributed by atoms with E-state index in [4.69, 9.17) is 10.3 Å². The molecule has 0 spiro atoms. The molecule has 12 nitrogen and oxygen atoms in total. The third kappa shape index (κ3) is 4.41. The molecule has 16 heteroatoms. The molecule has 3 rings (SSSR count). The van der Waals surface area contributed by atoms with E-state index in [1.807, 2.05) is 0 Å². The molecule has 1 amide bonds. The van der Waals surface area contributed by atoms with Crippen LogP contribution < -0.4 is 35.3 Å². The number of thioether (sulfide) groups is 2. The smallest absolute Gasteiger partial charge is 1.00 e. The van der Waals surface area contributed by atoms with Gasteiger partial charge in [0.1, 0.15) is 5.70 Å². The van der Waals surface area contributed by atoms with Crippen LogP contribution in [0.2, 0.25) is 0 Å². The Hall–Kier alpha value is -0.680. The van der Waals surface area contributed by atoms with Crippen LogP contribution in [-0.2, 0) is 25.6 Å². The third-order valence-electron chi connectivity index (χ3n) is 3.44. The first-order valence-corrected chi connectivity index (χ1v) is 10.2. The van der Waals surface area contributed by atoms with Gasteiger partial charge in [-0.1, -0.05) is 11.8 Å². The second-order valence-corrected chi connectivity index (χ2v) is 8.81. The van der Waals surface area contributed by atoms with Gasteiger partial charge in [0, 0.05) is 5.75 Å². The van der Waals surface area contributed by atoms with E-state index >= 15 is 0 Å². The first kappa shape index (κ1) is 21.6. The number of nitrogens with two attached hydrogens (primary N) is 1. The van der Waals surface area contributed by atoms with Crippen molar-refractivity contribution in [2.75, 3.05) is 5.75 Å². The number of aliphatic carboxylic acids is 1. The summed E-state index contributed by atoms with van der Waals surface area (Å²) in [5.74, 6) is -2.35. The van der Waals surface area contributed by atoms with Gasteiger partial charge in [0.2, 0.25) is 11.1 Å². The molecule has 138 valence electrons. The van der Waals surface area contributed by atoms with Crippen molar-refractivity contribution in [1.82, 2.24) is 25.1 Å². The molecule has 0 radical (unpaired) electrons. The van der Waals surface area contributed by atoms with E-state index in [2.05, 4.69) is 15.5 Å². The predicted octanol–water partition coefficient (Wildman–Crippen LogP) is -4.34. The van der Waals surface area contributed by atoms with Crippen LogP contribution in [0, 0.1) is 0 Å². The maximum Gasteiger partial charge on any atom is 1.00 e. The quantitative estimate of drug-likeness (QED) is 0.170. The minimum atomic E-state index is -4.34. The number of nitrogens with zero attached hydrogens (tertiary/aromatic N) is 5. The van der Waals surface area contributed by atoms with E-state index in [1.54, 1.807) is 0 Å². The van der Waals surface area contributed by atoms with Crippen molar-refractivity contribution >= 4 is 45.5 Å². The van der Waals surface area contributed by atoms with E-state index in [1.165, 1.54) is 16.7 Å². The molecule has 1 unspecified atom stereocenters. The Morgan fingerprint density at radius 2 is 2.19 bits per heavy atom. The number of fused-ring (bicyclic) bond motifs is 1. The normalized spacial score (nSPS) is 22.5. The van der Waals surface area contributed by atoms with Crippen molar-refractivity contribution in [2.45, 2.75) is 28.2 Å². The molecular formula is C10H13N6NaO6S3. The molecule has 2 aliphatic rings. The molecule has 0 aliphatic carbocycles. The summed E-state index contributed by atoms with van der Waals surface area (Å²) in [5.41, 5.74) is 6.17. The average molecular weight is 432 g/mol. The van der Waals surface area contributed by atoms with E-state index in [9.17, 15) is 23.1 Å². The van der Waals surface area contributed by atoms with Gasteiger partial charge in [-0.3, -0.25) is 14.2 Å². The summed E-state index contributed by atoms with van der Waals surface area (Å²) in [6.45, 7) is 0. The molecule has 3 heterocycles. The van der Waals surface area contributed by atoms with Crippen molar-refractivity contribution in [2.24, 2.45) is 5.73 Å². The first-order chi connectivity index (χ1) is 11.7. The van der Waals surface area contributed by atoms with Crippen LogP contribution in [0.25, 0.3) is 0 Å². The molecule has 0 aromatic carbocycles. The van der Waals surface area contributed by atoms with Crippen LogP contribution in [-0.4, -0.2) is 71.6 Å². The van der Waals surface area contributed by atoms with Crippen LogP contribution in [0.15, 0.2) is 16.4 Å². The summed E-state index contributed by atoms with van der Waals surface area (Å²) in [6, 6.07) is 0. The monoisotopic (exact) mass is 432 g/mol. The van der Waals surface area contributed by atoms with Crippen LogP contribution in [0.1, 0.15) is 7.85 Å². The Kier molecular flexibility index (Phi) is 6.76. The van der Waals surface area contributed by atoms with Gasteiger partial charge in [0.05, 0.1) is 17.2 Å². The van der Waals surface area contributed by atoms with Gasteiger partial charge in [0.15, 0.2) is 5.88 Å². The molecular weight excluding hydrogens is 419 g/mol. The van der Waals surface area contributed by atoms with Crippen molar-refractivity contribution in [3.63, 3.8) is 0 Å². The average Bonchev–Trinajstić information content (AvgIpc) is 2.90. The van der Waals surface area contributed by atoms with E-state index in [0.717, 1.165) is 16.4 Å². The molecule has 0 bridgehead atoms. The van der Waals surface area contributed by atoms with Gasteiger partial charge in [-0.25, -0.2) is 9.48 Å². The summed E-state index contributed by atoms with van der Waals surface area (Å²) in [6.07, 6.45) is 0.238. The zero-order valence-corrected chi connectivity index (χ0v) is 17.8. The number of aromatic nitrogens is 4. The zero-order valence-electron chi connectivity index (χ0n) is 14.3. The predicted molar refractivity (Wildman–Crippen MR) is 86.7 cm³/mol. The number of carbonyl (C=O) groups excluding carboxylic acids is 1. The number of tetrazole rings is 1. The van der Waals surface area contributed by atoms with Gasteiger partial charge >= 0.3 is 35.5 Å². The molecule has 4 N–H and O–H groups in total. The standard InChI is InChI=1S/C10H12N6O6S3.Na.H/c11-8-4(7(9(18)19)16-5(17)1-6(16)24-8)2-23-10-12-13-14-15(10)3-25(20,21)22;;/h6,8H,1-3,11H2,(H,18,19)(H,20,21,22);;/q;+1;-1/t6-,8?;;/m1../s1. The van der Waals surface area contributed by atoms with Gasteiger partial charge in [-0.05, 0) is 16.0 Å². The van der Waals surface area contributed by atoms with Gasteiger partial charge in [0.25, 0.3) is 10.1 Å². The Morgan fingerprint density at radius 1 is 1.50 bits per heavy atom. The van der Waals surface area contributed by atoms with Gasteiger partial charge in [-0.2, -0.15) is 8.42 Å². The second-order valence-electron chi connectivity index (χ2n) is 5.12. The fourth-order valence-electron chi connectivity index (χ4n) is 2.37. The number of β-lactam (4-membered cyclic amide) rings is 1. The van der Waals surface area contributed by atoms with Crippen molar-refractivity contribution in [3.8, 4) is 0 Å². The molecule has 2 atom stereocenters. The minimum Gasteiger partial charge on any atom is -1.00 e. The number of hydrogen-bond donors (Lipinski definition) is 3. The van der Waals surface area contributed by atoms with Crippen molar-refractivity contribution in [1.29, 1.82) is 0 Å². The number of carboxylic acids is 1. The molecule has 1 saturated heterocycles. The summed E-state index contributed by atoms with van der Waals surface area (Å²) in [4.78, 5) is 24.5. The summed E-state index contributed by atoms with van der Waals surface area (Å²) < 4.78 is 31.6. The molecule has 0 saturated carbocycles. The Morgan fingerprint density at radius 3 is 2.77 bits per heavy atom. The Bertz CT molecular complexity index is 879. The SMILES string of the molecule is NC1S[C@@H]2CC(=O)N2C(C(=O)O)=C1CSc1nnnn1CS(=O)(=O)O.[H-].[Na+]. The fraction of sp³-hybridized carbons (Fsp3) is 0.500.